The number of nitrogens with zero attached hydrogens (tertiary/aromatic N) is 1. The van der Waals surface area contributed by atoms with Gasteiger partial charge in [-0.2, -0.15) is 0 Å². The average Bonchev–Trinajstić information content (AvgIpc) is 3.16. The molecule has 0 radical (unpaired) electrons. The number of rotatable bonds is 4. The van der Waals surface area contributed by atoms with Crippen LogP contribution in [-0.2, 0) is 0 Å². The van der Waals surface area contributed by atoms with Crippen LogP contribution in [0.4, 0.5) is 0 Å². The molecular weight excluding hydrogens is 381 g/mol. The summed E-state index contributed by atoms with van der Waals surface area (Å²) in [7, 11) is 2.28. The Morgan fingerprint density at radius 1 is 1.08 bits per heavy atom. The zero-order valence-electron chi connectivity index (χ0n) is 15.1. The molecule has 0 N–H and O–H groups in total. The van der Waals surface area contributed by atoms with Crippen LogP contribution in [0, 0.1) is 0 Å². The fourth-order valence-corrected chi connectivity index (χ4v) is 5.26. The van der Waals surface area contributed by atoms with Crippen LogP contribution >= 0.6 is 35.8 Å². The van der Waals surface area contributed by atoms with Crippen molar-refractivity contribution < 1.29 is 0 Å². The van der Waals surface area contributed by atoms with Crippen LogP contribution < -0.4 is 0 Å². The molecule has 0 amide bonds. The summed E-state index contributed by atoms with van der Waals surface area (Å²) >= 11 is 8.14. The molecule has 0 atom stereocenters. The Labute approximate surface area is 172 Å². The van der Waals surface area contributed by atoms with Crippen molar-refractivity contribution in [2.45, 2.75) is 47.9 Å². The second-order valence-electron chi connectivity index (χ2n) is 7.06. The molecule has 1 saturated carbocycles. The molecule has 0 saturated heterocycles. The number of hydrogen-bond donors (Lipinski definition) is 0. The van der Waals surface area contributed by atoms with Crippen molar-refractivity contribution in [2.75, 3.05) is 13.6 Å². The fraction of sp³-hybridized carbons (Fsp3) is 0.364. The third kappa shape index (κ3) is 4.14. The fourth-order valence-electron chi connectivity index (χ4n) is 4.00. The highest BCUT2D eigenvalue weighted by Crippen LogP contribution is 2.46. The maximum atomic E-state index is 6.29. The molecule has 0 bridgehead atoms. The predicted molar refractivity (Wildman–Crippen MR) is 116 cm³/mol. The number of benzene rings is 2. The minimum absolute atomic E-state index is 0. The largest absolute Gasteiger partial charge is 0.303 e. The highest BCUT2D eigenvalue weighted by molar-refractivity contribution is 7.99. The van der Waals surface area contributed by atoms with Crippen molar-refractivity contribution in [1.82, 2.24) is 4.90 Å². The van der Waals surface area contributed by atoms with Crippen LogP contribution in [0.1, 0.15) is 43.2 Å². The van der Waals surface area contributed by atoms with Gasteiger partial charge in [-0.05, 0) is 67.3 Å². The third-order valence-corrected chi connectivity index (χ3v) is 6.79. The van der Waals surface area contributed by atoms with Gasteiger partial charge in [0.25, 0.3) is 0 Å². The Balaban J connectivity index is 0.00000196. The van der Waals surface area contributed by atoms with Gasteiger partial charge in [0.15, 0.2) is 0 Å². The smallest absolute Gasteiger partial charge is 0.0412 e. The van der Waals surface area contributed by atoms with Gasteiger partial charge in [-0.15, -0.1) is 12.4 Å². The van der Waals surface area contributed by atoms with Gasteiger partial charge in [0, 0.05) is 27.4 Å². The van der Waals surface area contributed by atoms with Crippen LogP contribution in [-0.4, -0.2) is 24.5 Å². The van der Waals surface area contributed by atoms with Gasteiger partial charge < -0.3 is 4.90 Å². The van der Waals surface area contributed by atoms with E-state index in [4.69, 9.17) is 11.6 Å². The van der Waals surface area contributed by atoms with Gasteiger partial charge in [-0.3, -0.25) is 0 Å². The molecule has 138 valence electrons. The summed E-state index contributed by atoms with van der Waals surface area (Å²) in [4.78, 5) is 5.19. The molecule has 1 aliphatic heterocycles. The lowest BCUT2D eigenvalue weighted by molar-refractivity contribution is 0.250. The van der Waals surface area contributed by atoms with E-state index < -0.39 is 0 Å². The Hall–Kier alpha value is -0.930. The zero-order valence-corrected chi connectivity index (χ0v) is 17.5. The molecule has 1 heterocycles. The molecule has 2 aromatic rings. The van der Waals surface area contributed by atoms with Crippen molar-refractivity contribution in [2.24, 2.45) is 0 Å². The molecule has 0 aromatic heterocycles. The molecule has 1 nitrogen and oxygen atoms in total. The maximum absolute atomic E-state index is 6.29. The van der Waals surface area contributed by atoms with Gasteiger partial charge in [0.05, 0.1) is 0 Å². The molecule has 2 aliphatic rings. The van der Waals surface area contributed by atoms with Crippen LogP contribution in [0.5, 0.6) is 0 Å². The topological polar surface area (TPSA) is 3.24 Å². The Kier molecular flexibility index (Phi) is 6.74. The SMILES string of the molecule is CN(CC/C=C1\c2ccccc2Sc2ccc(Cl)cc21)C1CCCC1.Cl. The van der Waals surface area contributed by atoms with Gasteiger partial charge in [-0.1, -0.05) is 60.5 Å². The molecule has 4 rings (SSSR count). The van der Waals surface area contributed by atoms with Crippen molar-refractivity contribution in [3.05, 3.63) is 64.7 Å². The van der Waals surface area contributed by atoms with Crippen molar-refractivity contribution in [3.8, 4) is 0 Å². The molecule has 0 unspecified atom stereocenters. The quantitative estimate of drug-likeness (QED) is 0.463. The monoisotopic (exact) mass is 405 g/mol. The first-order valence-corrected chi connectivity index (χ1v) is 10.4. The normalized spacial score (nSPS) is 17.9. The second kappa shape index (κ2) is 8.84. The van der Waals surface area contributed by atoms with Gasteiger partial charge >= 0.3 is 0 Å². The van der Waals surface area contributed by atoms with Crippen LogP contribution in [0.2, 0.25) is 5.02 Å². The van der Waals surface area contributed by atoms with Gasteiger partial charge in [0.1, 0.15) is 0 Å². The van der Waals surface area contributed by atoms with E-state index in [2.05, 4.69) is 54.4 Å². The van der Waals surface area contributed by atoms with Crippen molar-refractivity contribution in [3.63, 3.8) is 0 Å². The van der Waals surface area contributed by atoms with Crippen LogP contribution in [0.3, 0.4) is 0 Å². The standard InChI is InChI=1S/C22H24ClNS.ClH/c1-24(17-7-2-3-8-17)14-6-10-18-19-9-4-5-11-21(19)25-22-13-12-16(23)15-20(18)22;/h4-5,9-13,15,17H,2-3,6-8,14H2,1H3;1H/b18-10+;. The summed E-state index contributed by atoms with van der Waals surface area (Å²) in [5.74, 6) is 0. The third-order valence-electron chi connectivity index (χ3n) is 5.41. The van der Waals surface area contributed by atoms with Crippen LogP contribution in [0.15, 0.2) is 58.3 Å². The molecule has 4 heteroatoms. The van der Waals surface area contributed by atoms with E-state index in [1.165, 1.54) is 52.2 Å². The minimum atomic E-state index is 0. The minimum Gasteiger partial charge on any atom is -0.303 e. The first-order valence-electron chi connectivity index (χ1n) is 9.20. The van der Waals surface area contributed by atoms with E-state index in [9.17, 15) is 0 Å². The number of hydrogen-bond acceptors (Lipinski definition) is 2. The maximum Gasteiger partial charge on any atom is 0.0412 e. The lowest BCUT2D eigenvalue weighted by Gasteiger charge is -2.25. The first kappa shape index (κ1) is 19.8. The summed E-state index contributed by atoms with van der Waals surface area (Å²) in [6.45, 7) is 1.12. The Morgan fingerprint density at radius 2 is 1.81 bits per heavy atom. The van der Waals surface area contributed by atoms with E-state index in [0.717, 1.165) is 24.0 Å². The summed E-state index contributed by atoms with van der Waals surface area (Å²) in [6, 6.07) is 15.8. The van der Waals surface area contributed by atoms with E-state index in [-0.39, 0.29) is 12.4 Å². The number of fused-ring (bicyclic) bond motifs is 2. The van der Waals surface area contributed by atoms with Gasteiger partial charge in [-0.25, -0.2) is 0 Å². The molecular formula is C22H25Cl2NS. The summed E-state index contributed by atoms with van der Waals surface area (Å²) in [5.41, 5.74) is 3.96. The molecule has 26 heavy (non-hydrogen) atoms. The predicted octanol–water partition coefficient (Wildman–Crippen LogP) is 6.92. The lowest BCUT2D eigenvalue weighted by Crippen LogP contribution is -2.29. The molecule has 1 aliphatic carbocycles. The molecule has 0 spiro atoms. The Bertz CT molecular complexity index is 796. The second-order valence-corrected chi connectivity index (χ2v) is 8.58. The van der Waals surface area contributed by atoms with E-state index in [1.54, 1.807) is 0 Å². The first-order chi connectivity index (χ1) is 12.2. The Morgan fingerprint density at radius 3 is 2.62 bits per heavy atom. The lowest BCUT2D eigenvalue weighted by atomic mass is 9.96. The zero-order chi connectivity index (χ0) is 17.2. The molecule has 2 aromatic carbocycles. The highest BCUT2D eigenvalue weighted by Gasteiger charge is 2.21. The van der Waals surface area contributed by atoms with Gasteiger partial charge in [0.2, 0.25) is 0 Å². The van der Waals surface area contributed by atoms with E-state index in [1.807, 2.05) is 17.8 Å². The highest BCUT2D eigenvalue weighted by atomic mass is 35.5. The number of halogens is 2. The van der Waals surface area contributed by atoms with Crippen LogP contribution in [0.25, 0.3) is 5.57 Å². The van der Waals surface area contributed by atoms with Crippen molar-refractivity contribution in [1.29, 1.82) is 0 Å². The summed E-state index contributed by atoms with van der Waals surface area (Å²) in [5, 5.41) is 0.813. The summed E-state index contributed by atoms with van der Waals surface area (Å²) < 4.78 is 0. The van der Waals surface area contributed by atoms with Crippen molar-refractivity contribution >= 4 is 41.3 Å². The van der Waals surface area contributed by atoms with E-state index in [0.29, 0.717) is 0 Å². The average molecular weight is 406 g/mol. The summed E-state index contributed by atoms with van der Waals surface area (Å²) in [6.07, 6.45) is 9.02. The van der Waals surface area contributed by atoms with E-state index >= 15 is 0 Å². The molecule has 1 fully saturated rings.